The summed E-state index contributed by atoms with van der Waals surface area (Å²) in [5.74, 6) is 0. The Labute approximate surface area is 234 Å². The molecule has 0 fully saturated rings. The third-order valence-corrected chi connectivity index (χ3v) is 8.77. The molecule has 5 aromatic heterocycles. The van der Waals surface area contributed by atoms with Gasteiger partial charge < -0.3 is 4.57 Å². The monoisotopic (exact) mass is 523 g/mol. The number of pyridine rings is 3. The number of fused-ring (bicyclic) bond motifs is 14. The summed E-state index contributed by atoms with van der Waals surface area (Å²) in [5, 5.41) is 4.81. The van der Waals surface area contributed by atoms with Gasteiger partial charge >= 0.3 is 0 Å². The molecule has 10 rings (SSSR count). The Morgan fingerprint density at radius 2 is 1.29 bits per heavy atom. The Kier molecular flexibility index (Phi) is 3.92. The van der Waals surface area contributed by atoms with Crippen LogP contribution in [-0.4, -0.2) is 23.9 Å². The highest BCUT2D eigenvalue weighted by Gasteiger charge is 2.25. The van der Waals surface area contributed by atoms with Crippen molar-refractivity contribution in [2.45, 2.75) is 6.42 Å². The zero-order valence-electron chi connectivity index (χ0n) is 21.9. The lowest BCUT2D eigenvalue weighted by Gasteiger charge is -2.11. The van der Waals surface area contributed by atoms with Crippen LogP contribution in [0.3, 0.4) is 0 Å². The van der Waals surface area contributed by atoms with Crippen LogP contribution in [0.4, 0.5) is 0 Å². The normalized spacial score (nSPS) is 12.8. The topological polar surface area (TPSA) is 48.0 Å². The van der Waals surface area contributed by atoms with Gasteiger partial charge in [0.25, 0.3) is 0 Å². The summed E-state index contributed by atoms with van der Waals surface area (Å²) in [6.45, 7) is 0. The molecule has 0 aliphatic heterocycles. The highest BCUT2D eigenvalue weighted by atomic mass is 15.1. The second-order valence-electron chi connectivity index (χ2n) is 10.9. The van der Waals surface area contributed by atoms with Crippen LogP contribution in [-0.2, 0) is 6.42 Å². The van der Waals surface area contributed by atoms with Crippen molar-refractivity contribution in [2.24, 2.45) is 0 Å². The first-order valence-corrected chi connectivity index (χ1v) is 13.9. The number of benzene rings is 4. The van der Waals surface area contributed by atoms with Gasteiger partial charge in [0.1, 0.15) is 11.2 Å². The molecule has 0 saturated carbocycles. The first kappa shape index (κ1) is 21.3. The smallest absolute Gasteiger partial charge is 0.165 e. The van der Waals surface area contributed by atoms with E-state index in [0.717, 1.165) is 45.0 Å². The molecule has 0 radical (unpaired) electrons. The van der Waals surface area contributed by atoms with Gasteiger partial charge in [-0.1, -0.05) is 36.4 Å². The number of para-hydroxylation sites is 2. The second kappa shape index (κ2) is 7.55. The van der Waals surface area contributed by atoms with Gasteiger partial charge in [0, 0.05) is 39.6 Å². The van der Waals surface area contributed by atoms with Gasteiger partial charge in [0.05, 0.1) is 22.1 Å². The van der Waals surface area contributed by atoms with E-state index in [4.69, 9.17) is 9.97 Å². The van der Waals surface area contributed by atoms with Gasteiger partial charge in [-0.2, -0.15) is 0 Å². The fourth-order valence-electron chi connectivity index (χ4n) is 7.05. The molecular formula is C36H21N5. The predicted molar refractivity (Wildman–Crippen MR) is 166 cm³/mol. The summed E-state index contributed by atoms with van der Waals surface area (Å²) in [6.07, 6.45) is 4.60. The first-order valence-electron chi connectivity index (χ1n) is 13.9. The maximum Gasteiger partial charge on any atom is 0.165 e. The Hall–Kier alpha value is -5.55. The minimum Gasteiger partial charge on any atom is -0.309 e. The third-order valence-electron chi connectivity index (χ3n) is 8.77. The summed E-state index contributed by atoms with van der Waals surface area (Å²) in [7, 11) is 0. The summed E-state index contributed by atoms with van der Waals surface area (Å²) >= 11 is 0. The van der Waals surface area contributed by atoms with E-state index in [2.05, 4.69) is 98.9 Å². The number of hydrogen-bond donors (Lipinski definition) is 0. The van der Waals surface area contributed by atoms with E-state index in [1.165, 1.54) is 49.7 Å². The zero-order valence-corrected chi connectivity index (χ0v) is 21.9. The van der Waals surface area contributed by atoms with Crippen molar-refractivity contribution >= 4 is 60.4 Å². The molecule has 1 aliphatic carbocycles. The molecule has 0 saturated heterocycles. The van der Waals surface area contributed by atoms with Crippen molar-refractivity contribution < 1.29 is 0 Å². The molecule has 4 aromatic carbocycles. The van der Waals surface area contributed by atoms with E-state index in [1.54, 1.807) is 0 Å². The third kappa shape index (κ3) is 2.72. The Morgan fingerprint density at radius 1 is 0.537 bits per heavy atom. The number of imidazole rings is 1. The first-order chi connectivity index (χ1) is 20.3. The lowest BCUT2D eigenvalue weighted by molar-refractivity contribution is 1.18. The van der Waals surface area contributed by atoms with Crippen molar-refractivity contribution in [3.63, 3.8) is 0 Å². The van der Waals surface area contributed by atoms with E-state index in [0.29, 0.717) is 0 Å². The van der Waals surface area contributed by atoms with Crippen molar-refractivity contribution in [1.82, 2.24) is 23.9 Å². The molecule has 0 bridgehead atoms. The van der Waals surface area contributed by atoms with Gasteiger partial charge in [0.15, 0.2) is 5.65 Å². The van der Waals surface area contributed by atoms with E-state index in [-0.39, 0.29) is 0 Å². The SMILES string of the molecule is c1ccc(-n2c3ccccc3c3cc4c(cc32)-c2cc3c(cc2C4)c2nc4cccnc4n2c2cccnc32)cc1. The maximum absolute atomic E-state index is 5.05. The van der Waals surface area contributed by atoms with E-state index < -0.39 is 0 Å². The van der Waals surface area contributed by atoms with Crippen LogP contribution in [0.15, 0.2) is 116 Å². The predicted octanol–water partition coefficient (Wildman–Crippen LogP) is 8.25. The molecule has 1 aliphatic rings. The molecule has 5 heterocycles. The average Bonchev–Trinajstić information content (AvgIpc) is 3.69. The maximum atomic E-state index is 5.05. The summed E-state index contributed by atoms with van der Waals surface area (Å²) in [5.41, 5.74) is 13.6. The molecule has 0 atom stereocenters. The van der Waals surface area contributed by atoms with Crippen molar-refractivity contribution in [3.05, 3.63) is 127 Å². The van der Waals surface area contributed by atoms with Crippen LogP contribution < -0.4 is 0 Å². The standard InChI is InChI=1S/C36H21N5/c1-2-8-23(9-3-1)40-31-12-5-4-10-24(31)27-17-21-16-22-18-29-28(19-25(22)26(21)20-33(27)40)34-32(13-7-14-37-34)41-35(29)39-30-11-6-15-38-36(30)41/h1-15,17-20H,16H2. The fraction of sp³-hybridized carbons (Fsp3) is 0.0278. The molecule has 0 spiro atoms. The van der Waals surface area contributed by atoms with Crippen molar-refractivity contribution in [3.8, 4) is 16.8 Å². The Morgan fingerprint density at radius 3 is 2.22 bits per heavy atom. The number of aromatic nitrogens is 5. The highest BCUT2D eigenvalue weighted by Crippen LogP contribution is 2.45. The molecule has 41 heavy (non-hydrogen) atoms. The van der Waals surface area contributed by atoms with Crippen LogP contribution in [0, 0.1) is 0 Å². The average molecular weight is 524 g/mol. The van der Waals surface area contributed by atoms with Crippen LogP contribution >= 0.6 is 0 Å². The minimum atomic E-state index is 0.863. The summed E-state index contributed by atoms with van der Waals surface area (Å²) in [4.78, 5) is 14.6. The number of nitrogens with zero attached hydrogens (tertiary/aromatic N) is 5. The minimum absolute atomic E-state index is 0.863. The molecule has 0 unspecified atom stereocenters. The van der Waals surface area contributed by atoms with Crippen LogP contribution in [0.2, 0.25) is 0 Å². The molecule has 5 heteroatoms. The molecule has 0 amide bonds. The van der Waals surface area contributed by atoms with Crippen LogP contribution in [0.25, 0.3) is 77.2 Å². The van der Waals surface area contributed by atoms with Crippen LogP contribution in [0.1, 0.15) is 11.1 Å². The molecule has 0 N–H and O–H groups in total. The number of rotatable bonds is 1. The van der Waals surface area contributed by atoms with Crippen molar-refractivity contribution in [2.75, 3.05) is 0 Å². The van der Waals surface area contributed by atoms with Gasteiger partial charge in [0.2, 0.25) is 0 Å². The second-order valence-corrected chi connectivity index (χ2v) is 10.9. The summed E-state index contributed by atoms with van der Waals surface area (Å²) in [6, 6.07) is 37.0. The molecular weight excluding hydrogens is 502 g/mol. The van der Waals surface area contributed by atoms with E-state index in [9.17, 15) is 0 Å². The fourth-order valence-corrected chi connectivity index (χ4v) is 7.05. The molecule has 190 valence electrons. The molecule has 9 aromatic rings. The largest absolute Gasteiger partial charge is 0.309 e. The van der Waals surface area contributed by atoms with Crippen molar-refractivity contribution in [1.29, 1.82) is 0 Å². The van der Waals surface area contributed by atoms with Gasteiger partial charge in [-0.25, -0.2) is 9.97 Å². The quantitative estimate of drug-likeness (QED) is 0.204. The lowest BCUT2D eigenvalue weighted by atomic mass is 9.99. The Balaban J connectivity index is 1.31. The lowest BCUT2D eigenvalue weighted by Crippen LogP contribution is -1.95. The zero-order chi connectivity index (χ0) is 26.7. The van der Waals surface area contributed by atoms with E-state index >= 15 is 0 Å². The highest BCUT2D eigenvalue weighted by molar-refractivity contribution is 6.15. The van der Waals surface area contributed by atoms with E-state index in [1.807, 2.05) is 30.6 Å². The van der Waals surface area contributed by atoms with Gasteiger partial charge in [-0.15, -0.1) is 0 Å². The van der Waals surface area contributed by atoms with Gasteiger partial charge in [-0.05, 0) is 95.4 Å². The summed E-state index contributed by atoms with van der Waals surface area (Å²) < 4.78 is 4.56. The number of hydrogen-bond acceptors (Lipinski definition) is 3. The van der Waals surface area contributed by atoms with Crippen LogP contribution in [0.5, 0.6) is 0 Å². The van der Waals surface area contributed by atoms with Gasteiger partial charge in [-0.3, -0.25) is 9.38 Å². The Bertz CT molecular complexity index is 2550. The molecule has 5 nitrogen and oxygen atoms in total.